The first-order valence-corrected chi connectivity index (χ1v) is 10.0. The molecule has 7 nitrogen and oxygen atoms in total. The van der Waals surface area contributed by atoms with Crippen LogP contribution in [0.15, 0.2) is 22.8 Å². The van der Waals surface area contributed by atoms with E-state index in [2.05, 4.69) is 10.4 Å². The summed E-state index contributed by atoms with van der Waals surface area (Å²) >= 11 is 0. The van der Waals surface area contributed by atoms with Crippen molar-refractivity contribution < 1.29 is 17.6 Å². The summed E-state index contributed by atoms with van der Waals surface area (Å²) in [4.78, 5) is 12.4. The molecule has 128 valence electrons. The Bertz CT molecular complexity index is 868. The number of nitrogens with zero attached hydrogens (tertiary/aromatic N) is 2. The van der Waals surface area contributed by atoms with Gasteiger partial charge in [-0.1, -0.05) is 0 Å². The number of nitrogens with one attached hydrogen (secondary N) is 1. The molecule has 0 aromatic carbocycles. The third-order valence-electron chi connectivity index (χ3n) is 4.71. The predicted molar refractivity (Wildman–Crippen MR) is 87.8 cm³/mol. The second-order valence-corrected chi connectivity index (χ2v) is 8.64. The fraction of sp³-hybridized carbons (Fsp3) is 0.500. The number of carbonyl (C=O) groups is 1. The van der Waals surface area contributed by atoms with Crippen molar-refractivity contribution in [3.63, 3.8) is 0 Å². The van der Waals surface area contributed by atoms with Gasteiger partial charge in [0.1, 0.15) is 5.82 Å². The molecule has 1 saturated heterocycles. The van der Waals surface area contributed by atoms with Gasteiger partial charge in [-0.25, -0.2) is 13.1 Å². The molecule has 2 aromatic heterocycles. The van der Waals surface area contributed by atoms with E-state index in [4.69, 9.17) is 4.42 Å². The predicted octanol–water partition coefficient (Wildman–Crippen LogP) is 1.97. The molecule has 0 saturated carbocycles. The molecule has 4 rings (SSSR count). The average Bonchev–Trinajstić information content (AvgIpc) is 3.26. The normalized spacial score (nSPS) is 22.2. The molecule has 24 heavy (non-hydrogen) atoms. The maximum absolute atomic E-state index is 12.4. The molecule has 0 bridgehead atoms. The first-order chi connectivity index (χ1) is 11.5. The zero-order valence-electron chi connectivity index (χ0n) is 13.2. The molecule has 1 N–H and O–H groups in total. The number of carbonyl (C=O) groups excluding carboxylic acids is 1. The smallest absolute Gasteiger partial charge is 0.292 e. The molecular weight excluding hydrogens is 330 g/mol. The lowest BCUT2D eigenvalue weighted by Gasteiger charge is -2.15. The highest BCUT2D eigenvalue weighted by Crippen LogP contribution is 2.34. The van der Waals surface area contributed by atoms with Crippen molar-refractivity contribution in [2.45, 2.75) is 38.1 Å². The molecule has 0 unspecified atom stereocenters. The number of anilines is 1. The minimum absolute atomic E-state index is 0.0805. The van der Waals surface area contributed by atoms with Crippen LogP contribution in [-0.4, -0.2) is 35.6 Å². The van der Waals surface area contributed by atoms with Crippen molar-refractivity contribution in [3.8, 4) is 0 Å². The molecule has 3 heterocycles. The van der Waals surface area contributed by atoms with E-state index >= 15 is 0 Å². The molecule has 2 aromatic rings. The van der Waals surface area contributed by atoms with Crippen LogP contribution in [0.2, 0.25) is 0 Å². The third-order valence-corrected chi connectivity index (χ3v) is 6.46. The number of hydrogen-bond donors (Lipinski definition) is 1. The van der Waals surface area contributed by atoms with Gasteiger partial charge in [-0.15, -0.1) is 0 Å². The van der Waals surface area contributed by atoms with Crippen LogP contribution in [0.3, 0.4) is 0 Å². The first kappa shape index (κ1) is 15.4. The van der Waals surface area contributed by atoms with Crippen LogP contribution in [-0.2, 0) is 22.7 Å². The highest BCUT2D eigenvalue weighted by atomic mass is 32.2. The molecular formula is C16H19N3O4S. The van der Waals surface area contributed by atoms with Crippen molar-refractivity contribution >= 4 is 21.6 Å². The minimum Gasteiger partial charge on any atom is -0.459 e. The van der Waals surface area contributed by atoms with E-state index in [0.29, 0.717) is 12.2 Å². The summed E-state index contributed by atoms with van der Waals surface area (Å²) in [6, 6.07) is 3.04. The van der Waals surface area contributed by atoms with Gasteiger partial charge in [-0.2, -0.15) is 5.10 Å². The summed E-state index contributed by atoms with van der Waals surface area (Å²) in [5, 5.41) is 7.54. The van der Waals surface area contributed by atoms with E-state index in [1.807, 2.05) is 0 Å². The van der Waals surface area contributed by atoms with Gasteiger partial charge in [-0.3, -0.25) is 4.79 Å². The molecule has 1 amide bonds. The summed E-state index contributed by atoms with van der Waals surface area (Å²) in [5.74, 6) is 0.778. The number of aromatic nitrogens is 2. The Morgan fingerprint density at radius 3 is 2.88 bits per heavy atom. The Morgan fingerprint density at radius 1 is 1.33 bits per heavy atom. The van der Waals surface area contributed by atoms with Crippen LogP contribution in [0, 0.1) is 0 Å². The Labute approximate surface area is 139 Å². The fourth-order valence-corrected chi connectivity index (χ4v) is 5.21. The maximum Gasteiger partial charge on any atom is 0.292 e. The number of sulfone groups is 1. The van der Waals surface area contributed by atoms with Crippen LogP contribution < -0.4 is 5.32 Å². The van der Waals surface area contributed by atoms with Crippen molar-refractivity contribution in [2.75, 3.05) is 16.8 Å². The number of fused-ring (bicyclic) bond motifs is 1. The van der Waals surface area contributed by atoms with Crippen molar-refractivity contribution in [3.05, 3.63) is 35.4 Å². The molecule has 1 aliphatic carbocycles. The van der Waals surface area contributed by atoms with E-state index < -0.39 is 9.84 Å². The van der Waals surface area contributed by atoms with Gasteiger partial charge in [-0.05, 0) is 44.2 Å². The van der Waals surface area contributed by atoms with E-state index in [-0.39, 0.29) is 29.2 Å². The van der Waals surface area contributed by atoms with Gasteiger partial charge in [0.15, 0.2) is 15.6 Å². The van der Waals surface area contributed by atoms with Gasteiger partial charge in [0.25, 0.3) is 5.91 Å². The van der Waals surface area contributed by atoms with Gasteiger partial charge < -0.3 is 9.73 Å². The maximum atomic E-state index is 12.4. The van der Waals surface area contributed by atoms with Crippen molar-refractivity contribution in [1.29, 1.82) is 0 Å². The van der Waals surface area contributed by atoms with Gasteiger partial charge in [0, 0.05) is 5.56 Å². The second-order valence-electron chi connectivity index (χ2n) is 6.41. The lowest BCUT2D eigenvalue weighted by molar-refractivity contribution is 0.0995. The van der Waals surface area contributed by atoms with E-state index in [9.17, 15) is 13.2 Å². The Hall–Kier alpha value is -2.09. The number of hydrogen-bond acceptors (Lipinski definition) is 5. The van der Waals surface area contributed by atoms with Crippen LogP contribution >= 0.6 is 0 Å². The SMILES string of the molecule is O=C(Nc1c2c(nn1[C@H]1CCS(=O)(=O)C1)CCCC2)c1ccco1. The van der Waals surface area contributed by atoms with E-state index in [0.717, 1.165) is 36.9 Å². The lowest BCUT2D eigenvalue weighted by atomic mass is 9.97. The number of aryl methyl sites for hydroxylation is 1. The van der Waals surface area contributed by atoms with Crippen LogP contribution in [0.1, 0.15) is 47.1 Å². The first-order valence-electron chi connectivity index (χ1n) is 8.19. The van der Waals surface area contributed by atoms with Crippen LogP contribution in [0.25, 0.3) is 0 Å². The van der Waals surface area contributed by atoms with Gasteiger partial charge >= 0.3 is 0 Å². The molecule has 0 spiro atoms. The topological polar surface area (TPSA) is 94.2 Å². The highest BCUT2D eigenvalue weighted by Gasteiger charge is 2.34. The Kier molecular flexibility index (Phi) is 3.71. The van der Waals surface area contributed by atoms with Crippen molar-refractivity contribution in [2.24, 2.45) is 0 Å². The van der Waals surface area contributed by atoms with Crippen LogP contribution in [0.4, 0.5) is 5.82 Å². The molecule has 2 aliphatic rings. The lowest BCUT2D eigenvalue weighted by Crippen LogP contribution is -2.20. The molecule has 0 radical (unpaired) electrons. The second kappa shape index (κ2) is 5.77. The standard InChI is InChI=1S/C16H19N3O4S/c20-16(14-6-3-8-23-14)17-15-12-4-1-2-5-13(12)18-19(15)11-7-9-24(21,22)10-11/h3,6,8,11H,1-2,4-5,7,9-10H2,(H,17,20)/t11-/m0/s1. The number of rotatable bonds is 3. The minimum atomic E-state index is -3.03. The average molecular weight is 349 g/mol. The largest absolute Gasteiger partial charge is 0.459 e. The summed E-state index contributed by atoms with van der Waals surface area (Å²) in [6.45, 7) is 0. The quantitative estimate of drug-likeness (QED) is 0.914. The highest BCUT2D eigenvalue weighted by molar-refractivity contribution is 7.91. The third kappa shape index (κ3) is 2.75. The van der Waals surface area contributed by atoms with E-state index in [1.54, 1.807) is 16.8 Å². The number of furan rings is 1. The summed E-state index contributed by atoms with van der Waals surface area (Å²) in [6.07, 6.45) is 5.82. The Balaban J connectivity index is 1.71. The molecule has 1 fully saturated rings. The summed E-state index contributed by atoms with van der Waals surface area (Å²) < 4.78 is 30.5. The van der Waals surface area contributed by atoms with Crippen LogP contribution in [0.5, 0.6) is 0 Å². The van der Waals surface area contributed by atoms with E-state index in [1.165, 1.54) is 6.26 Å². The van der Waals surface area contributed by atoms with Crippen molar-refractivity contribution in [1.82, 2.24) is 9.78 Å². The summed E-state index contributed by atoms with van der Waals surface area (Å²) in [7, 11) is -3.03. The zero-order valence-corrected chi connectivity index (χ0v) is 14.0. The summed E-state index contributed by atoms with van der Waals surface area (Å²) in [5.41, 5.74) is 2.01. The molecule has 1 atom stereocenters. The molecule has 8 heteroatoms. The number of amides is 1. The monoisotopic (exact) mass is 349 g/mol. The van der Waals surface area contributed by atoms with Gasteiger partial charge in [0.2, 0.25) is 0 Å². The zero-order chi connectivity index (χ0) is 16.7. The fourth-order valence-electron chi connectivity index (χ4n) is 3.52. The van der Waals surface area contributed by atoms with Gasteiger partial charge in [0.05, 0.1) is 29.5 Å². The molecule has 1 aliphatic heterocycles. The Morgan fingerprint density at radius 2 is 2.17 bits per heavy atom.